The highest BCUT2D eigenvalue weighted by molar-refractivity contribution is 7.18. The Kier molecular flexibility index (Phi) is 7.64. The number of thiophene rings is 1. The molecule has 1 aromatic heterocycles. The Balaban J connectivity index is 1.41. The van der Waals surface area contributed by atoms with Crippen molar-refractivity contribution < 1.29 is 14.4 Å². The van der Waals surface area contributed by atoms with Crippen LogP contribution in [0.2, 0.25) is 4.34 Å². The number of halogens is 1. The van der Waals surface area contributed by atoms with Crippen LogP contribution in [-0.2, 0) is 9.59 Å². The summed E-state index contributed by atoms with van der Waals surface area (Å²) >= 11 is 7.09. The summed E-state index contributed by atoms with van der Waals surface area (Å²) in [7, 11) is 0. The highest BCUT2D eigenvalue weighted by Crippen LogP contribution is 2.23. The van der Waals surface area contributed by atoms with Crippen molar-refractivity contribution in [2.45, 2.75) is 26.7 Å². The molecule has 6 nitrogen and oxygen atoms in total. The summed E-state index contributed by atoms with van der Waals surface area (Å²) in [4.78, 5) is 41.4. The normalized spacial score (nSPS) is 14.6. The summed E-state index contributed by atoms with van der Waals surface area (Å²) in [6.07, 6.45) is 0.384. The number of Topliss-reactive ketones (excluding diaryl/α,β-unsaturated/α-hetero) is 1. The number of anilines is 1. The zero-order chi connectivity index (χ0) is 21.7. The van der Waals surface area contributed by atoms with Crippen LogP contribution < -0.4 is 5.32 Å². The standard InChI is InChI=1S/C22H26ClN3O3S/c1-15-4-3-5-16(2)22(15)24-20(28)14-25-10-12-26(13-11-25)21(29)9-6-17(27)18-7-8-19(23)30-18/h3-5,7-8H,6,9-14H2,1-2H3,(H,24,28). The summed E-state index contributed by atoms with van der Waals surface area (Å²) in [5.74, 6) is -0.125. The molecule has 0 bridgehead atoms. The Bertz CT molecular complexity index is 915. The predicted octanol–water partition coefficient (Wildman–Crippen LogP) is 3.76. The number of nitrogens with zero attached hydrogens (tertiary/aromatic N) is 2. The third-order valence-electron chi connectivity index (χ3n) is 5.25. The quantitative estimate of drug-likeness (QED) is 0.656. The Labute approximate surface area is 185 Å². The second-order valence-corrected chi connectivity index (χ2v) is 9.21. The highest BCUT2D eigenvalue weighted by atomic mass is 35.5. The summed E-state index contributed by atoms with van der Waals surface area (Å²) in [6.45, 7) is 6.66. The van der Waals surface area contributed by atoms with Crippen molar-refractivity contribution in [1.82, 2.24) is 9.80 Å². The largest absolute Gasteiger partial charge is 0.340 e. The van der Waals surface area contributed by atoms with Gasteiger partial charge in [0.25, 0.3) is 0 Å². The first-order valence-electron chi connectivity index (χ1n) is 9.98. The molecule has 1 aromatic carbocycles. The van der Waals surface area contributed by atoms with Gasteiger partial charge in [-0.05, 0) is 37.1 Å². The van der Waals surface area contributed by atoms with E-state index >= 15 is 0 Å². The van der Waals surface area contributed by atoms with E-state index < -0.39 is 0 Å². The van der Waals surface area contributed by atoms with E-state index in [1.807, 2.05) is 36.9 Å². The molecule has 1 fully saturated rings. The molecule has 2 heterocycles. The summed E-state index contributed by atoms with van der Waals surface area (Å²) in [6, 6.07) is 9.31. The first-order valence-corrected chi connectivity index (χ1v) is 11.2. The smallest absolute Gasteiger partial charge is 0.238 e. The van der Waals surface area contributed by atoms with E-state index in [4.69, 9.17) is 11.6 Å². The molecule has 0 aliphatic carbocycles. The molecule has 8 heteroatoms. The van der Waals surface area contributed by atoms with Crippen molar-refractivity contribution in [3.05, 3.63) is 50.7 Å². The van der Waals surface area contributed by atoms with E-state index in [2.05, 4.69) is 5.32 Å². The van der Waals surface area contributed by atoms with Crippen LogP contribution >= 0.6 is 22.9 Å². The zero-order valence-electron chi connectivity index (χ0n) is 17.2. The SMILES string of the molecule is Cc1cccc(C)c1NC(=O)CN1CCN(C(=O)CCC(=O)c2ccc(Cl)s2)CC1. The number of hydrogen-bond donors (Lipinski definition) is 1. The van der Waals surface area contributed by atoms with Gasteiger partial charge in [0.15, 0.2) is 5.78 Å². The number of piperazine rings is 1. The first kappa shape index (κ1) is 22.5. The topological polar surface area (TPSA) is 69.7 Å². The van der Waals surface area contributed by atoms with Gasteiger partial charge in [-0.3, -0.25) is 19.3 Å². The number of hydrogen-bond acceptors (Lipinski definition) is 5. The third kappa shape index (κ3) is 5.90. The number of amides is 2. The van der Waals surface area contributed by atoms with Crippen LogP contribution in [0.1, 0.15) is 33.6 Å². The molecule has 1 N–H and O–H groups in total. The molecule has 160 valence electrons. The fourth-order valence-electron chi connectivity index (χ4n) is 3.51. The molecule has 0 radical (unpaired) electrons. The van der Waals surface area contributed by atoms with Gasteiger partial charge in [-0.25, -0.2) is 0 Å². The molecule has 2 amide bonds. The van der Waals surface area contributed by atoms with Crippen molar-refractivity contribution in [2.24, 2.45) is 0 Å². The lowest BCUT2D eigenvalue weighted by molar-refractivity contribution is -0.133. The minimum absolute atomic E-state index is 0.0226. The average molecular weight is 448 g/mol. The summed E-state index contributed by atoms with van der Waals surface area (Å²) in [5, 5.41) is 3.00. The van der Waals surface area contributed by atoms with Crippen LogP contribution in [-0.4, -0.2) is 60.1 Å². The van der Waals surface area contributed by atoms with Gasteiger partial charge in [-0.2, -0.15) is 0 Å². The molecule has 2 aromatic rings. The van der Waals surface area contributed by atoms with Gasteiger partial charge in [0.1, 0.15) is 0 Å². The van der Waals surface area contributed by atoms with E-state index in [0.717, 1.165) is 16.8 Å². The van der Waals surface area contributed by atoms with Crippen molar-refractivity contribution >= 4 is 46.2 Å². The highest BCUT2D eigenvalue weighted by Gasteiger charge is 2.23. The van der Waals surface area contributed by atoms with Crippen LogP contribution in [0.15, 0.2) is 30.3 Å². The molecular weight excluding hydrogens is 422 g/mol. The van der Waals surface area contributed by atoms with Crippen molar-refractivity contribution in [3.63, 3.8) is 0 Å². The Morgan fingerprint density at radius 2 is 1.67 bits per heavy atom. The number of ketones is 1. The predicted molar refractivity (Wildman–Crippen MR) is 120 cm³/mol. The van der Waals surface area contributed by atoms with Crippen LogP contribution in [0.3, 0.4) is 0 Å². The number of nitrogens with one attached hydrogen (secondary N) is 1. The lowest BCUT2D eigenvalue weighted by atomic mass is 10.1. The van der Waals surface area contributed by atoms with Crippen LogP contribution in [0, 0.1) is 13.8 Å². The Morgan fingerprint density at radius 3 is 2.27 bits per heavy atom. The van der Waals surface area contributed by atoms with E-state index in [1.54, 1.807) is 17.0 Å². The van der Waals surface area contributed by atoms with E-state index in [-0.39, 0.29) is 30.4 Å². The monoisotopic (exact) mass is 447 g/mol. The van der Waals surface area contributed by atoms with E-state index in [0.29, 0.717) is 41.9 Å². The number of benzene rings is 1. The fraction of sp³-hybridized carbons (Fsp3) is 0.409. The zero-order valence-corrected chi connectivity index (χ0v) is 18.8. The van der Waals surface area contributed by atoms with E-state index in [9.17, 15) is 14.4 Å². The average Bonchev–Trinajstić information content (AvgIpc) is 3.16. The van der Waals surface area contributed by atoms with Gasteiger partial charge in [-0.1, -0.05) is 29.8 Å². The lowest BCUT2D eigenvalue weighted by Gasteiger charge is -2.34. The number of rotatable bonds is 7. The molecule has 1 saturated heterocycles. The Morgan fingerprint density at radius 1 is 1.00 bits per heavy atom. The van der Waals surface area contributed by atoms with Crippen LogP contribution in [0.4, 0.5) is 5.69 Å². The van der Waals surface area contributed by atoms with Gasteiger partial charge in [-0.15, -0.1) is 11.3 Å². The first-order chi connectivity index (χ1) is 14.3. The van der Waals surface area contributed by atoms with Crippen molar-refractivity contribution in [1.29, 1.82) is 0 Å². The van der Waals surface area contributed by atoms with Gasteiger partial charge in [0.05, 0.1) is 15.8 Å². The van der Waals surface area contributed by atoms with Gasteiger partial charge in [0, 0.05) is 44.7 Å². The Hall–Kier alpha value is -2.22. The lowest BCUT2D eigenvalue weighted by Crippen LogP contribution is -2.50. The molecule has 0 atom stereocenters. The summed E-state index contributed by atoms with van der Waals surface area (Å²) < 4.78 is 0.572. The van der Waals surface area contributed by atoms with Crippen LogP contribution in [0.25, 0.3) is 0 Å². The molecular formula is C22H26ClN3O3S. The molecule has 1 aliphatic rings. The van der Waals surface area contributed by atoms with E-state index in [1.165, 1.54) is 11.3 Å². The maximum absolute atomic E-state index is 12.4. The molecule has 1 aliphatic heterocycles. The molecule has 3 rings (SSSR count). The maximum atomic E-state index is 12.4. The third-order valence-corrected chi connectivity index (χ3v) is 6.52. The minimum atomic E-state index is -0.0537. The maximum Gasteiger partial charge on any atom is 0.238 e. The molecule has 0 saturated carbocycles. The van der Waals surface area contributed by atoms with Gasteiger partial charge >= 0.3 is 0 Å². The van der Waals surface area contributed by atoms with Crippen molar-refractivity contribution in [3.8, 4) is 0 Å². The molecule has 0 spiro atoms. The van der Waals surface area contributed by atoms with Gasteiger partial charge < -0.3 is 10.2 Å². The van der Waals surface area contributed by atoms with Crippen molar-refractivity contribution in [2.75, 3.05) is 38.0 Å². The molecule has 30 heavy (non-hydrogen) atoms. The number of carbonyl (C=O) groups is 3. The second kappa shape index (κ2) is 10.2. The molecule has 0 unspecified atom stereocenters. The number of para-hydroxylation sites is 1. The number of carbonyl (C=O) groups excluding carboxylic acids is 3. The fourth-order valence-corrected chi connectivity index (χ4v) is 4.53. The second-order valence-electron chi connectivity index (χ2n) is 7.50. The summed E-state index contributed by atoms with van der Waals surface area (Å²) in [5.41, 5.74) is 2.95. The van der Waals surface area contributed by atoms with Gasteiger partial charge in [0.2, 0.25) is 11.8 Å². The van der Waals surface area contributed by atoms with Crippen LogP contribution in [0.5, 0.6) is 0 Å². The minimum Gasteiger partial charge on any atom is -0.340 e. The number of aryl methyl sites for hydroxylation is 2.